The first-order chi connectivity index (χ1) is 6.45. The van der Waals surface area contributed by atoms with Crippen LogP contribution in [0.25, 0.3) is 0 Å². The Balaban J connectivity index is 3.57. The molecule has 0 unspecified atom stereocenters. The maximum absolute atomic E-state index is 4.14. The van der Waals surface area contributed by atoms with Gasteiger partial charge in [-0.3, -0.25) is 0 Å². The maximum atomic E-state index is 4.14. The molecule has 0 spiro atoms. The van der Waals surface area contributed by atoms with Crippen molar-refractivity contribution in [3.8, 4) is 0 Å². The molecule has 0 amide bonds. The van der Waals surface area contributed by atoms with E-state index in [1.54, 1.807) is 0 Å². The standard InChI is InChI=1S/C13H27P/c1-6-7-8-9-10-13(2)11-12-14(3,4)5/h12H,2,6-11H2,1,3-5H3. The van der Waals surface area contributed by atoms with Crippen molar-refractivity contribution in [1.29, 1.82) is 0 Å². The molecule has 0 aromatic carbocycles. The van der Waals surface area contributed by atoms with Gasteiger partial charge in [0.1, 0.15) is 0 Å². The molecule has 0 aliphatic rings. The average molecular weight is 214 g/mol. The first kappa shape index (κ1) is 14.0. The normalized spacial score (nSPS) is 11.4. The third-order valence-corrected chi connectivity index (χ3v) is 3.59. The van der Waals surface area contributed by atoms with Gasteiger partial charge < -0.3 is 0 Å². The summed E-state index contributed by atoms with van der Waals surface area (Å²) in [6.07, 6.45) is 7.79. The fraction of sp³-hybridized carbons (Fsp3) is 0.769. The van der Waals surface area contributed by atoms with E-state index in [4.69, 9.17) is 0 Å². The second kappa shape index (κ2) is 7.35. The number of unbranched alkanes of at least 4 members (excludes halogenated alkanes) is 3. The topological polar surface area (TPSA) is 0 Å². The zero-order chi connectivity index (χ0) is 11.0. The summed E-state index contributed by atoms with van der Waals surface area (Å²) in [4.78, 5) is 0. The van der Waals surface area contributed by atoms with E-state index in [1.165, 1.54) is 37.7 Å². The van der Waals surface area contributed by atoms with E-state index in [-0.39, 0.29) is 0 Å². The molecule has 0 atom stereocenters. The fourth-order valence-electron chi connectivity index (χ4n) is 1.31. The number of hydrogen-bond acceptors (Lipinski definition) is 0. The van der Waals surface area contributed by atoms with Gasteiger partial charge in [0.25, 0.3) is 0 Å². The van der Waals surface area contributed by atoms with Gasteiger partial charge in [-0.05, 0) is 39.3 Å². The molecule has 0 aliphatic carbocycles. The van der Waals surface area contributed by atoms with Gasteiger partial charge in [0, 0.05) is 0 Å². The van der Waals surface area contributed by atoms with E-state index >= 15 is 0 Å². The van der Waals surface area contributed by atoms with Crippen LogP contribution in [-0.2, 0) is 0 Å². The second-order valence-electron chi connectivity index (χ2n) is 5.06. The lowest BCUT2D eigenvalue weighted by Crippen LogP contribution is -1.87. The largest absolute Gasteiger partial charge is 0.117 e. The monoisotopic (exact) mass is 214 g/mol. The van der Waals surface area contributed by atoms with E-state index in [9.17, 15) is 0 Å². The van der Waals surface area contributed by atoms with Crippen LogP contribution >= 0.6 is 6.89 Å². The summed E-state index contributed by atoms with van der Waals surface area (Å²) < 4.78 is 0. The zero-order valence-electron chi connectivity index (χ0n) is 10.5. The van der Waals surface area contributed by atoms with Crippen LogP contribution in [0.5, 0.6) is 0 Å². The van der Waals surface area contributed by atoms with Crippen LogP contribution in [-0.4, -0.2) is 25.8 Å². The molecular weight excluding hydrogens is 187 g/mol. The van der Waals surface area contributed by atoms with E-state index in [0.29, 0.717) is 0 Å². The molecule has 14 heavy (non-hydrogen) atoms. The molecule has 0 rings (SSSR count). The van der Waals surface area contributed by atoms with Crippen molar-refractivity contribution in [3.05, 3.63) is 12.2 Å². The lowest BCUT2D eigenvalue weighted by atomic mass is 10.1. The van der Waals surface area contributed by atoms with Crippen LogP contribution in [0, 0.1) is 0 Å². The SMILES string of the molecule is C=C(CC=P(C)(C)C)CCCCCC. The summed E-state index contributed by atoms with van der Waals surface area (Å²) in [5, 5.41) is 0. The molecule has 0 saturated carbocycles. The lowest BCUT2D eigenvalue weighted by molar-refractivity contribution is 0.663. The Hall–Kier alpha value is 0.0400. The Kier molecular flexibility index (Phi) is 7.37. The molecule has 1 heteroatoms. The highest BCUT2D eigenvalue weighted by Crippen LogP contribution is 2.32. The Bertz CT molecular complexity index is 199. The summed E-state index contributed by atoms with van der Waals surface area (Å²) >= 11 is 0. The van der Waals surface area contributed by atoms with Crippen LogP contribution in [0.4, 0.5) is 0 Å². The minimum atomic E-state index is -0.700. The quantitative estimate of drug-likeness (QED) is 0.330. The van der Waals surface area contributed by atoms with Crippen molar-refractivity contribution in [2.24, 2.45) is 0 Å². The summed E-state index contributed by atoms with van der Waals surface area (Å²) in [6.45, 7) is 12.8. The predicted molar refractivity (Wildman–Crippen MR) is 73.3 cm³/mol. The van der Waals surface area contributed by atoms with Gasteiger partial charge in [0.2, 0.25) is 0 Å². The molecule has 0 aromatic heterocycles. The minimum Gasteiger partial charge on any atom is -0.117 e. The van der Waals surface area contributed by atoms with Crippen LogP contribution in [0.2, 0.25) is 0 Å². The van der Waals surface area contributed by atoms with Crippen LogP contribution in [0.1, 0.15) is 45.4 Å². The molecule has 0 radical (unpaired) electrons. The number of rotatable bonds is 7. The first-order valence-corrected chi connectivity index (χ1v) is 8.98. The average Bonchev–Trinajstić information content (AvgIpc) is 2.08. The highest BCUT2D eigenvalue weighted by molar-refractivity contribution is 7.72. The Labute approximate surface area is 90.8 Å². The molecule has 0 heterocycles. The van der Waals surface area contributed by atoms with Crippen LogP contribution in [0.3, 0.4) is 0 Å². The van der Waals surface area contributed by atoms with Gasteiger partial charge in [0.05, 0.1) is 0 Å². The second-order valence-corrected chi connectivity index (χ2v) is 9.66. The molecule has 84 valence electrons. The Morgan fingerprint density at radius 2 is 1.79 bits per heavy atom. The van der Waals surface area contributed by atoms with E-state index in [1.807, 2.05) is 0 Å². The first-order valence-electron chi connectivity index (χ1n) is 5.78. The smallest absolute Gasteiger partial charge is 0.0137 e. The summed E-state index contributed by atoms with van der Waals surface area (Å²) in [5.41, 5.74) is 1.43. The molecule has 0 aliphatic heterocycles. The summed E-state index contributed by atoms with van der Waals surface area (Å²) in [7, 11) is 0. The fourth-order valence-corrected chi connectivity index (χ4v) is 2.11. The van der Waals surface area contributed by atoms with Gasteiger partial charge in [-0.25, -0.2) is 0 Å². The zero-order valence-corrected chi connectivity index (χ0v) is 11.4. The van der Waals surface area contributed by atoms with Crippen molar-refractivity contribution < 1.29 is 0 Å². The van der Waals surface area contributed by atoms with Gasteiger partial charge in [0.15, 0.2) is 0 Å². The van der Waals surface area contributed by atoms with Crippen LogP contribution in [0.15, 0.2) is 12.2 Å². The van der Waals surface area contributed by atoms with E-state index in [0.717, 1.165) is 6.42 Å². The highest BCUT2D eigenvalue weighted by Gasteiger charge is 1.96. The molecule has 0 fully saturated rings. The lowest BCUT2D eigenvalue weighted by Gasteiger charge is -2.08. The molecule has 0 aromatic rings. The van der Waals surface area contributed by atoms with Gasteiger partial charge >= 0.3 is 0 Å². The predicted octanol–water partition coefficient (Wildman–Crippen LogP) is 4.61. The van der Waals surface area contributed by atoms with Crippen molar-refractivity contribution in [1.82, 2.24) is 0 Å². The number of hydrogen-bond donors (Lipinski definition) is 0. The molecule has 0 saturated heterocycles. The van der Waals surface area contributed by atoms with Gasteiger partial charge in [-0.15, -0.1) is 6.89 Å². The van der Waals surface area contributed by atoms with E-state index < -0.39 is 6.89 Å². The van der Waals surface area contributed by atoms with Crippen molar-refractivity contribution in [2.45, 2.75) is 45.4 Å². The van der Waals surface area contributed by atoms with Crippen molar-refractivity contribution >= 4 is 12.7 Å². The Morgan fingerprint density at radius 3 is 2.29 bits per heavy atom. The van der Waals surface area contributed by atoms with Gasteiger partial charge in [-0.1, -0.05) is 44.1 Å². The minimum absolute atomic E-state index is 0.700. The molecule has 0 bridgehead atoms. The van der Waals surface area contributed by atoms with Crippen molar-refractivity contribution in [2.75, 3.05) is 20.0 Å². The molecular formula is C13H27P. The summed E-state index contributed by atoms with van der Waals surface area (Å²) in [5.74, 6) is 2.48. The van der Waals surface area contributed by atoms with E-state index in [2.05, 4.69) is 39.3 Å². The summed E-state index contributed by atoms with van der Waals surface area (Å²) in [6, 6.07) is 0. The Morgan fingerprint density at radius 1 is 1.14 bits per heavy atom. The molecule has 0 nitrogen and oxygen atoms in total. The van der Waals surface area contributed by atoms with Gasteiger partial charge in [-0.2, -0.15) is 0 Å². The highest BCUT2D eigenvalue weighted by atomic mass is 31.2. The van der Waals surface area contributed by atoms with Crippen LogP contribution < -0.4 is 0 Å². The third-order valence-electron chi connectivity index (χ3n) is 2.31. The molecule has 0 N–H and O–H groups in total. The van der Waals surface area contributed by atoms with Crippen molar-refractivity contribution in [3.63, 3.8) is 0 Å². The maximum Gasteiger partial charge on any atom is -0.0137 e. The third kappa shape index (κ3) is 10.1. The number of allylic oxidation sites excluding steroid dienone is 1.